The number of carbonyl (C=O) groups is 2. The molecule has 234 valence electrons. The normalized spacial score (nSPS) is 19.2. The van der Waals surface area contributed by atoms with Gasteiger partial charge in [-0.3, -0.25) is 9.59 Å². The number of rotatable bonds is 10. The molecule has 0 saturated carbocycles. The van der Waals surface area contributed by atoms with E-state index in [1.807, 2.05) is 67.0 Å². The molecule has 3 heterocycles. The molecule has 46 heavy (non-hydrogen) atoms. The predicted molar refractivity (Wildman–Crippen MR) is 182 cm³/mol. The third-order valence-corrected chi connectivity index (χ3v) is 9.40. The number of amides is 2. The Bertz CT molecular complexity index is 1820. The number of H-pyrrole nitrogens is 2. The van der Waals surface area contributed by atoms with Gasteiger partial charge >= 0.3 is 0 Å². The predicted octanol–water partition coefficient (Wildman–Crippen LogP) is 5.83. The van der Waals surface area contributed by atoms with Crippen molar-refractivity contribution in [3.8, 4) is 11.3 Å². The van der Waals surface area contributed by atoms with Crippen molar-refractivity contribution in [2.75, 3.05) is 13.1 Å². The molecule has 3 atom stereocenters. The molecule has 4 aromatic rings. The first kappa shape index (κ1) is 29.7. The molecule has 0 radical (unpaired) electrons. The summed E-state index contributed by atoms with van der Waals surface area (Å²) in [5.41, 5.74) is 6.32. The molecule has 5 N–H and O–H groups in total. The van der Waals surface area contributed by atoms with E-state index in [-0.39, 0.29) is 17.7 Å². The number of hydrogen-bond donors (Lipinski definition) is 5. The highest BCUT2D eigenvalue weighted by Gasteiger charge is 2.31. The number of aromatic nitrogens is 3. The number of hydrogen-bond acceptors (Lipinski definition) is 4. The third-order valence-electron chi connectivity index (χ3n) is 9.40. The maximum Gasteiger partial charge on any atom is 0.243 e. The largest absolute Gasteiger partial charge is 0.361 e. The zero-order valence-corrected chi connectivity index (χ0v) is 25.8. The van der Waals surface area contributed by atoms with E-state index in [1.165, 1.54) is 5.57 Å². The van der Waals surface area contributed by atoms with E-state index in [4.69, 9.17) is 4.98 Å². The lowest BCUT2D eigenvalue weighted by Crippen LogP contribution is -2.50. The van der Waals surface area contributed by atoms with Gasteiger partial charge in [-0.25, -0.2) is 4.98 Å². The van der Waals surface area contributed by atoms with E-state index >= 15 is 0 Å². The molecular formula is C38H40N6O2. The third kappa shape index (κ3) is 6.53. The number of imidazole rings is 1. The molecule has 8 heteroatoms. The first-order valence-corrected chi connectivity index (χ1v) is 16.3. The quantitative estimate of drug-likeness (QED) is 0.155. The monoisotopic (exact) mass is 612 g/mol. The van der Waals surface area contributed by atoms with Gasteiger partial charge in [-0.1, -0.05) is 85.0 Å². The van der Waals surface area contributed by atoms with Gasteiger partial charge in [-0.2, -0.15) is 0 Å². The highest BCUT2D eigenvalue weighted by molar-refractivity contribution is 5.89. The van der Waals surface area contributed by atoms with Crippen LogP contribution in [0.15, 0.2) is 115 Å². The SMILES string of the molecule is O=C(N[C@H](CC1=C2C=CC=CC2CC=C1)C(=O)N[C@H](Cc1c[nH]c2ccccc12)c1ncc(-c2ccccc2)[nH]1)C1CCNCC1. The number of piperidine rings is 1. The van der Waals surface area contributed by atoms with Crippen molar-refractivity contribution in [3.05, 3.63) is 126 Å². The Kier molecular flexibility index (Phi) is 8.78. The molecule has 0 bridgehead atoms. The Morgan fingerprint density at radius 1 is 0.935 bits per heavy atom. The van der Waals surface area contributed by atoms with Crippen LogP contribution in [-0.2, 0) is 16.0 Å². The maximum absolute atomic E-state index is 14.4. The van der Waals surface area contributed by atoms with Crippen molar-refractivity contribution in [3.63, 3.8) is 0 Å². The maximum atomic E-state index is 14.4. The molecule has 2 aromatic carbocycles. The minimum atomic E-state index is -0.735. The molecule has 2 aliphatic carbocycles. The van der Waals surface area contributed by atoms with Crippen LogP contribution in [0.5, 0.6) is 0 Å². The van der Waals surface area contributed by atoms with Crippen molar-refractivity contribution < 1.29 is 9.59 Å². The Morgan fingerprint density at radius 3 is 2.63 bits per heavy atom. The Hall–Kier alpha value is -4.95. The van der Waals surface area contributed by atoms with Gasteiger partial charge < -0.3 is 25.9 Å². The van der Waals surface area contributed by atoms with Gasteiger partial charge in [0, 0.05) is 41.8 Å². The zero-order chi connectivity index (χ0) is 31.3. The molecule has 0 spiro atoms. The number of nitrogens with zero attached hydrogens (tertiary/aromatic N) is 1. The summed E-state index contributed by atoms with van der Waals surface area (Å²) in [6.45, 7) is 1.61. The summed E-state index contributed by atoms with van der Waals surface area (Å²) in [7, 11) is 0. The Morgan fingerprint density at radius 2 is 1.76 bits per heavy atom. The molecule has 2 amide bonds. The minimum absolute atomic E-state index is 0.0554. The van der Waals surface area contributed by atoms with Crippen molar-refractivity contribution >= 4 is 22.7 Å². The molecular weight excluding hydrogens is 572 g/mol. The van der Waals surface area contributed by atoms with Crippen LogP contribution >= 0.6 is 0 Å². The smallest absolute Gasteiger partial charge is 0.243 e. The Balaban J connectivity index is 1.19. The summed E-state index contributed by atoms with van der Waals surface area (Å²) in [4.78, 5) is 39.5. The lowest BCUT2D eigenvalue weighted by atomic mass is 9.82. The summed E-state index contributed by atoms with van der Waals surface area (Å²) in [5, 5.41) is 10.9. The van der Waals surface area contributed by atoms with Gasteiger partial charge in [0.15, 0.2) is 0 Å². The number of carbonyl (C=O) groups excluding carboxylic acids is 2. The number of allylic oxidation sites excluding steroid dienone is 7. The number of fused-ring (bicyclic) bond motifs is 2. The average Bonchev–Trinajstić information content (AvgIpc) is 3.77. The highest BCUT2D eigenvalue weighted by Crippen LogP contribution is 2.33. The van der Waals surface area contributed by atoms with Crippen molar-refractivity contribution in [1.82, 2.24) is 30.9 Å². The summed E-state index contributed by atoms with van der Waals surface area (Å²) < 4.78 is 0. The van der Waals surface area contributed by atoms with Crippen LogP contribution in [0.25, 0.3) is 22.2 Å². The van der Waals surface area contributed by atoms with E-state index in [2.05, 4.69) is 62.4 Å². The van der Waals surface area contributed by atoms with Gasteiger partial charge in [0.25, 0.3) is 0 Å². The fraction of sp³-hybridized carbons (Fsp3) is 0.289. The van der Waals surface area contributed by atoms with Crippen LogP contribution in [0, 0.1) is 11.8 Å². The molecule has 7 rings (SSSR count). The molecule has 1 aliphatic heterocycles. The van der Waals surface area contributed by atoms with Crippen LogP contribution in [0.3, 0.4) is 0 Å². The van der Waals surface area contributed by atoms with Crippen molar-refractivity contribution in [2.45, 2.75) is 44.2 Å². The zero-order valence-electron chi connectivity index (χ0n) is 25.8. The summed E-state index contributed by atoms with van der Waals surface area (Å²) in [6, 6.07) is 17.0. The first-order chi connectivity index (χ1) is 22.6. The fourth-order valence-corrected chi connectivity index (χ4v) is 6.86. The topological polar surface area (TPSA) is 115 Å². The van der Waals surface area contributed by atoms with E-state index in [9.17, 15) is 9.59 Å². The van der Waals surface area contributed by atoms with E-state index < -0.39 is 12.1 Å². The molecule has 3 aliphatic rings. The Labute approximate surface area is 269 Å². The number of nitrogens with one attached hydrogen (secondary N) is 5. The minimum Gasteiger partial charge on any atom is -0.361 e. The average molecular weight is 613 g/mol. The van der Waals surface area contributed by atoms with Crippen LogP contribution in [0.2, 0.25) is 0 Å². The van der Waals surface area contributed by atoms with Crippen molar-refractivity contribution in [2.24, 2.45) is 11.8 Å². The van der Waals surface area contributed by atoms with Crippen LogP contribution in [0.1, 0.15) is 43.1 Å². The molecule has 1 saturated heterocycles. The molecule has 1 fully saturated rings. The number of aromatic amines is 2. The van der Waals surface area contributed by atoms with Gasteiger partial charge in [-0.15, -0.1) is 0 Å². The number of para-hydroxylation sites is 1. The first-order valence-electron chi connectivity index (χ1n) is 16.3. The molecule has 1 unspecified atom stereocenters. The van der Waals surface area contributed by atoms with Crippen molar-refractivity contribution in [1.29, 1.82) is 0 Å². The van der Waals surface area contributed by atoms with Gasteiger partial charge in [0.05, 0.1) is 17.9 Å². The van der Waals surface area contributed by atoms with Crippen LogP contribution in [-0.4, -0.2) is 45.9 Å². The van der Waals surface area contributed by atoms with Gasteiger partial charge in [0.2, 0.25) is 11.8 Å². The van der Waals surface area contributed by atoms with E-state index in [0.717, 1.165) is 65.6 Å². The molecule has 2 aromatic heterocycles. The second kappa shape index (κ2) is 13.6. The lowest BCUT2D eigenvalue weighted by molar-refractivity contribution is -0.132. The molecule has 8 nitrogen and oxygen atoms in total. The summed E-state index contributed by atoms with van der Waals surface area (Å²) in [5.74, 6) is 0.578. The lowest BCUT2D eigenvalue weighted by Gasteiger charge is -2.29. The van der Waals surface area contributed by atoms with Crippen LogP contribution in [0.4, 0.5) is 0 Å². The standard InChI is InChI=1S/C38H40N6O2/c45-37(27-17-19-39-20-18-27)44-34(21-28-13-8-12-25-9-4-5-14-30(25)28)38(46)43-33(22-29-23-40-32-16-7-6-15-31(29)32)36-41-24-35(42-36)26-10-2-1-3-11-26/h1-11,13-16,23-25,27,33-34,39-40H,12,17-22H2,(H,41,42)(H,43,46)(H,44,45)/t25?,33-,34-/m1/s1. The second-order valence-corrected chi connectivity index (χ2v) is 12.4. The second-order valence-electron chi connectivity index (χ2n) is 12.4. The van der Waals surface area contributed by atoms with E-state index in [1.54, 1.807) is 0 Å². The highest BCUT2D eigenvalue weighted by atomic mass is 16.2. The number of benzene rings is 2. The van der Waals surface area contributed by atoms with Crippen LogP contribution < -0.4 is 16.0 Å². The summed E-state index contributed by atoms with van der Waals surface area (Å²) in [6.07, 6.45) is 20.0. The van der Waals surface area contributed by atoms with Gasteiger partial charge in [-0.05, 0) is 60.7 Å². The van der Waals surface area contributed by atoms with Gasteiger partial charge in [0.1, 0.15) is 11.9 Å². The van der Waals surface area contributed by atoms with E-state index in [0.29, 0.717) is 24.6 Å². The fourth-order valence-electron chi connectivity index (χ4n) is 6.86. The summed E-state index contributed by atoms with van der Waals surface area (Å²) >= 11 is 0.